The first-order valence-electron chi connectivity index (χ1n) is 4.64. The molecule has 0 aromatic carbocycles. The van der Waals surface area contributed by atoms with Crippen LogP contribution in [0.15, 0.2) is 30.7 Å². The topological polar surface area (TPSA) is 70.7 Å². The van der Waals surface area contributed by atoms with Crippen LogP contribution in [0.25, 0.3) is 0 Å². The van der Waals surface area contributed by atoms with E-state index in [0.717, 1.165) is 5.69 Å². The number of imidazole rings is 1. The highest BCUT2D eigenvalue weighted by molar-refractivity contribution is 5.92. The maximum atomic E-state index is 12.7. The van der Waals surface area contributed by atoms with Crippen molar-refractivity contribution in [3.63, 3.8) is 0 Å². The Hall–Kier alpha value is -2.24. The fourth-order valence-corrected chi connectivity index (χ4v) is 1.18. The van der Waals surface area contributed by atoms with E-state index in [2.05, 4.69) is 20.3 Å². The Labute approximate surface area is 90.7 Å². The lowest BCUT2D eigenvalue weighted by Crippen LogP contribution is -2.24. The minimum absolute atomic E-state index is 0.0551. The lowest BCUT2D eigenvalue weighted by molar-refractivity contribution is 0.0944. The van der Waals surface area contributed by atoms with Crippen LogP contribution in [-0.4, -0.2) is 20.9 Å². The lowest BCUT2D eigenvalue weighted by atomic mass is 10.3. The molecule has 0 radical (unpaired) electrons. The Morgan fingerprint density at radius 2 is 2.38 bits per heavy atom. The molecular weight excluding hydrogens is 211 g/mol. The van der Waals surface area contributed by atoms with Crippen molar-refractivity contribution in [3.8, 4) is 0 Å². The minimum Gasteiger partial charge on any atom is -0.347 e. The molecule has 5 nitrogen and oxygen atoms in total. The average Bonchev–Trinajstić information content (AvgIpc) is 2.78. The van der Waals surface area contributed by atoms with E-state index < -0.39 is 11.9 Å². The maximum Gasteiger partial charge on any atom is 0.270 e. The number of hydrogen-bond acceptors (Lipinski definition) is 3. The quantitative estimate of drug-likeness (QED) is 0.754. The zero-order valence-corrected chi connectivity index (χ0v) is 8.27. The van der Waals surface area contributed by atoms with Crippen molar-refractivity contribution in [1.29, 1.82) is 0 Å². The molecule has 6 heteroatoms. The molecule has 0 bridgehead atoms. The number of halogens is 1. The minimum atomic E-state index is -0.672. The number of amides is 1. The van der Waals surface area contributed by atoms with Gasteiger partial charge >= 0.3 is 0 Å². The van der Waals surface area contributed by atoms with Crippen LogP contribution in [0.3, 0.4) is 0 Å². The van der Waals surface area contributed by atoms with Crippen molar-refractivity contribution < 1.29 is 9.18 Å². The van der Waals surface area contributed by atoms with Gasteiger partial charge in [-0.2, -0.15) is 4.39 Å². The van der Waals surface area contributed by atoms with Crippen molar-refractivity contribution in [2.24, 2.45) is 0 Å². The van der Waals surface area contributed by atoms with Gasteiger partial charge in [0.2, 0.25) is 5.95 Å². The second-order valence-corrected chi connectivity index (χ2v) is 3.11. The summed E-state index contributed by atoms with van der Waals surface area (Å²) in [6.07, 6.45) is 3.11. The molecule has 2 heterocycles. The predicted molar refractivity (Wildman–Crippen MR) is 54.0 cm³/mol. The molecule has 2 N–H and O–H groups in total. The van der Waals surface area contributed by atoms with Crippen LogP contribution in [-0.2, 0) is 6.54 Å². The fourth-order valence-electron chi connectivity index (χ4n) is 1.18. The van der Waals surface area contributed by atoms with Gasteiger partial charge in [-0.3, -0.25) is 4.79 Å². The third-order valence-corrected chi connectivity index (χ3v) is 1.94. The van der Waals surface area contributed by atoms with E-state index >= 15 is 0 Å². The summed E-state index contributed by atoms with van der Waals surface area (Å²) >= 11 is 0. The number of hydrogen-bond donors (Lipinski definition) is 2. The zero-order chi connectivity index (χ0) is 11.4. The van der Waals surface area contributed by atoms with Gasteiger partial charge < -0.3 is 10.3 Å². The van der Waals surface area contributed by atoms with E-state index in [9.17, 15) is 9.18 Å². The van der Waals surface area contributed by atoms with Gasteiger partial charge in [-0.1, -0.05) is 6.07 Å². The van der Waals surface area contributed by atoms with E-state index in [1.807, 2.05) is 0 Å². The first-order valence-corrected chi connectivity index (χ1v) is 4.64. The predicted octanol–water partition coefficient (Wildman–Crippen LogP) is 0.874. The summed E-state index contributed by atoms with van der Waals surface area (Å²) in [5.74, 6) is -1.09. The van der Waals surface area contributed by atoms with E-state index in [0.29, 0.717) is 6.54 Å². The monoisotopic (exact) mass is 220 g/mol. The average molecular weight is 220 g/mol. The Kier molecular flexibility index (Phi) is 2.90. The van der Waals surface area contributed by atoms with Crippen LogP contribution < -0.4 is 5.32 Å². The lowest BCUT2D eigenvalue weighted by Gasteiger charge is -2.02. The van der Waals surface area contributed by atoms with Crippen LogP contribution in [0, 0.1) is 5.95 Å². The smallest absolute Gasteiger partial charge is 0.270 e. The number of H-pyrrole nitrogens is 1. The summed E-state index contributed by atoms with van der Waals surface area (Å²) in [6, 6.07) is 4.07. The van der Waals surface area contributed by atoms with E-state index in [-0.39, 0.29) is 5.69 Å². The number of pyridine rings is 1. The molecule has 2 aromatic heterocycles. The normalized spacial score (nSPS) is 10.1. The third kappa shape index (κ3) is 2.41. The maximum absolute atomic E-state index is 12.7. The molecule has 0 aliphatic heterocycles. The molecule has 0 saturated heterocycles. The van der Waals surface area contributed by atoms with Gasteiger partial charge in [-0.05, 0) is 12.1 Å². The van der Waals surface area contributed by atoms with Gasteiger partial charge in [0.1, 0.15) is 5.69 Å². The number of carbonyl (C=O) groups is 1. The van der Waals surface area contributed by atoms with Crippen LogP contribution >= 0.6 is 0 Å². The summed E-state index contributed by atoms with van der Waals surface area (Å²) in [7, 11) is 0. The van der Waals surface area contributed by atoms with Gasteiger partial charge in [-0.25, -0.2) is 9.97 Å². The summed E-state index contributed by atoms with van der Waals surface area (Å²) < 4.78 is 12.7. The van der Waals surface area contributed by atoms with Crippen molar-refractivity contribution in [2.45, 2.75) is 6.54 Å². The standard InChI is InChI=1S/C10H9FN4O/c11-9-3-1-2-8(15-9)10(16)13-5-7-4-12-6-14-7/h1-4,6H,5H2,(H,12,14)(H,13,16). The molecular formula is C10H9FN4O. The Balaban J connectivity index is 1.98. The fraction of sp³-hybridized carbons (Fsp3) is 0.100. The van der Waals surface area contributed by atoms with Crippen molar-refractivity contribution >= 4 is 5.91 Å². The van der Waals surface area contributed by atoms with Crippen LogP contribution in [0.2, 0.25) is 0 Å². The van der Waals surface area contributed by atoms with Gasteiger partial charge in [0, 0.05) is 6.20 Å². The van der Waals surface area contributed by atoms with Crippen molar-refractivity contribution in [3.05, 3.63) is 48.1 Å². The summed E-state index contributed by atoms with van der Waals surface area (Å²) in [4.78, 5) is 21.6. The van der Waals surface area contributed by atoms with E-state index in [4.69, 9.17) is 0 Å². The van der Waals surface area contributed by atoms with Crippen LogP contribution in [0.4, 0.5) is 4.39 Å². The third-order valence-electron chi connectivity index (χ3n) is 1.94. The highest BCUT2D eigenvalue weighted by atomic mass is 19.1. The molecule has 0 fully saturated rings. The Morgan fingerprint density at radius 1 is 1.50 bits per heavy atom. The van der Waals surface area contributed by atoms with Crippen LogP contribution in [0.5, 0.6) is 0 Å². The summed E-state index contributed by atoms with van der Waals surface area (Å²) in [6.45, 7) is 0.303. The van der Waals surface area contributed by atoms with Gasteiger partial charge in [0.15, 0.2) is 0 Å². The largest absolute Gasteiger partial charge is 0.347 e. The molecule has 2 rings (SSSR count). The van der Waals surface area contributed by atoms with Crippen molar-refractivity contribution in [1.82, 2.24) is 20.3 Å². The van der Waals surface area contributed by atoms with E-state index in [1.165, 1.54) is 24.5 Å². The molecule has 0 aliphatic carbocycles. The molecule has 0 atom stereocenters. The zero-order valence-electron chi connectivity index (χ0n) is 8.27. The molecule has 0 unspecified atom stereocenters. The van der Waals surface area contributed by atoms with Gasteiger partial charge in [0.25, 0.3) is 5.91 Å². The molecule has 82 valence electrons. The number of rotatable bonds is 3. The molecule has 0 saturated carbocycles. The number of aromatic nitrogens is 3. The highest BCUT2D eigenvalue weighted by Crippen LogP contribution is 1.98. The first-order chi connectivity index (χ1) is 7.75. The number of nitrogens with one attached hydrogen (secondary N) is 2. The molecule has 0 aliphatic rings. The van der Waals surface area contributed by atoms with Crippen molar-refractivity contribution in [2.75, 3.05) is 0 Å². The SMILES string of the molecule is O=C(NCc1cnc[nH]1)c1cccc(F)n1. The second kappa shape index (κ2) is 4.52. The molecule has 2 aromatic rings. The number of aromatic amines is 1. The Bertz CT molecular complexity index is 483. The summed E-state index contributed by atoms with van der Waals surface area (Å²) in [5.41, 5.74) is 0.823. The molecule has 16 heavy (non-hydrogen) atoms. The first kappa shape index (κ1) is 10.3. The van der Waals surface area contributed by atoms with Gasteiger partial charge in [0.05, 0.1) is 18.6 Å². The second-order valence-electron chi connectivity index (χ2n) is 3.11. The molecule has 0 spiro atoms. The summed E-state index contributed by atoms with van der Waals surface area (Å²) in [5, 5.41) is 2.59. The number of nitrogens with zero attached hydrogens (tertiary/aromatic N) is 2. The molecule has 1 amide bonds. The highest BCUT2D eigenvalue weighted by Gasteiger charge is 2.07. The van der Waals surface area contributed by atoms with Crippen LogP contribution in [0.1, 0.15) is 16.2 Å². The van der Waals surface area contributed by atoms with Gasteiger partial charge in [-0.15, -0.1) is 0 Å². The van der Waals surface area contributed by atoms with E-state index in [1.54, 1.807) is 6.20 Å². The number of carbonyl (C=O) groups excluding carboxylic acids is 1. The Morgan fingerprint density at radius 3 is 3.06 bits per heavy atom.